The summed E-state index contributed by atoms with van der Waals surface area (Å²) in [7, 11) is 1.52. The molecular formula is C13H13N7O3. The molecule has 0 aromatic carbocycles. The van der Waals surface area contributed by atoms with E-state index in [0.717, 1.165) is 0 Å². The van der Waals surface area contributed by atoms with Gasteiger partial charge in [-0.15, -0.1) is 5.10 Å². The maximum absolute atomic E-state index is 12.1. The van der Waals surface area contributed by atoms with Gasteiger partial charge < -0.3 is 14.6 Å². The van der Waals surface area contributed by atoms with Gasteiger partial charge in [0, 0.05) is 13.0 Å². The standard InChI is InChI=1S/C13H13N7O3/c1-8-15-11(18-23-8)7-20-6-10(17-19-20)13(21)16-9-3-4-12(22-2)14-5-9/h3-6H,7H2,1-2H3,(H,16,21). The number of hydrogen-bond acceptors (Lipinski definition) is 8. The molecule has 0 aliphatic rings. The van der Waals surface area contributed by atoms with Gasteiger partial charge in [-0.1, -0.05) is 10.4 Å². The first-order valence-corrected chi connectivity index (χ1v) is 6.65. The van der Waals surface area contributed by atoms with Gasteiger partial charge in [0.1, 0.15) is 6.54 Å². The van der Waals surface area contributed by atoms with Crippen molar-refractivity contribution in [2.75, 3.05) is 12.4 Å². The van der Waals surface area contributed by atoms with Crippen LogP contribution in [0, 0.1) is 6.92 Å². The molecule has 0 saturated heterocycles. The van der Waals surface area contributed by atoms with Crippen molar-refractivity contribution < 1.29 is 14.1 Å². The fourth-order valence-electron chi connectivity index (χ4n) is 1.80. The van der Waals surface area contributed by atoms with E-state index in [1.807, 2.05) is 0 Å². The largest absolute Gasteiger partial charge is 0.481 e. The topological polar surface area (TPSA) is 121 Å². The zero-order chi connectivity index (χ0) is 16.2. The number of nitrogens with one attached hydrogen (secondary N) is 1. The minimum atomic E-state index is -0.396. The first-order valence-electron chi connectivity index (χ1n) is 6.65. The van der Waals surface area contributed by atoms with Crippen LogP contribution in [0.5, 0.6) is 5.88 Å². The second kappa shape index (κ2) is 6.22. The van der Waals surface area contributed by atoms with Crippen molar-refractivity contribution in [2.24, 2.45) is 0 Å². The SMILES string of the molecule is COc1ccc(NC(=O)c2cn(Cc3noc(C)n3)nn2)cn1. The zero-order valence-electron chi connectivity index (χ0n) is 12.4. The monoisotopic (exact) mass is 315 g/mol. The van der Waals surface area contributed by atoms with Crippen LogP contribution in [0.3, 0.4) is 0 Å². The zero-order valence-corrected chi connectivity index (χ0v) is 12.4. The number of nitrogens with zero attached hydrogens (tertiary/aromatic N) is 6. The van der Waals surface area contributed by atoms with Gasteiger partial charge in [-0.05, 0) is 6.07 Å². The third-order valence-electron chi connectivity index (χ3n) is 2.85. The third kappa shape index (κ3) is 3.48. The van der Waals surface area contributed by atoms with E-state index in [-0.39, 0.29) is 12.2 Å². The van der Waals surface area contributed by atoms with Gasteiger partial charge in [0.15, 0.2) is 11.5 Å². The van der Waals surface area contributed by atoms with Gasteiger partial charge in [0.05, 0.1) is 25.2 Å². The molecule has 10 heteroatoms. The number of amides is 1. The summed E-state index contributed by atoms with van der Waals surface area (Å²) in [5.41, 5.74) is 0.695. The minimum Gasteiger partial charge on any atom is -0.481 e. The number of ether oxygens (including phenoxy) is 1. The number of methoxy groups -OCH3 is 1. The van der Waals surface area contributed by atoms with Gasteiger partial charge in [-0.2, -0.15) is 4.98 Å². The van der Waals surface area contributed by atoms with Crippen LogP contribution in [0.25, 0.3) is 0 Å². The molecule has 1 amide bonds. The van der Waals surface area contributed by atoms with E-state index in [4.69, 9.17) is 9.26 Å². The highest BCUT2D eigenvalue weighted by Gasteiger charge is 2.13. The van der Waals surface area contributed by atoms with E-state index in [0.29, 0.717) is 23.3 Å². The lowest BCUT2D eigenvalue weighted by Crippen LogP contribution is -2.12. The molecule has 0 unspecified atom stereocenters. The Balaban J connectivity index is 1.65. The molecule has 3 aromatic heterocycles. The average Bonchev–Trinajstić information content (AvgIpc) is 3.18. The second-order valence-electron chi connectivity index (χ2n) is 4.57. The van der Waals surface area contributed by atoms with Crippen molar-refractivity contribution in [3.63, 3.8) is 0 Å². The van der Waals surface area contributed by atoms with Crippen LogP contribution in [-0.4, -0.2) is 43.1 Å². The van der Waals surface area contributed by atoms with Crippen molar-refractivity contribution in [3.8, 4) is 5.88 Å². The van der Waals surface area contributed by atoms with Crippen molar-refractivity contribution in [2.45, 2.75) is 13.5 Å². The lowest BCUT2D eigenvalue weighted by Gasteiger charge is -2.03. The normalized spacial score (nSPS) is 10.5. The summed E-state index contributed by atoms with van der Waals surface area (Å²) in [5.74, 6) is 0.987. The van der Waals surface area contributed by atoms with Gasteiger partial charge in [-0.25, -0.2) is 9.67 Å². The van der Waals surface area contributed by atoms with Gasteiger partial charge in [0.2, 0.25) is 11.8 Å². The predicted octanol–water partition coefficient (Wildman–Crippen LogP) is 0.674. The molecular weight excluding hydrogens is 302 g/mol. The molecule has 0 fully saturated rings. The summed E-state index contributed by atoms with van der Waals surface area (Å²) in [5, 5.41) is 14.1. The number of carbonyl (C=O) groups excluding carboxylic acids is 1. The Morgan fingerprint density at radius 1 is 1.43 bits per heavy atom. The first kappa shape index (κ1) is 14.6. The van der Waals surface area contributed by atoms with E-state index < -0.39 is 5.91 Å². The molecule has 118 valence electrons. The molecule has 0 spiro atoms. The molecule has 0 atom stereocenters. The molecule has 3 heterocycles. The molecule has 3 rings (SSSR count). The Morgan fingerprint density at radius 3 is 2.96 bits per heavy atom. The van der Waals surface area contributed by atoms with Crippen LogP contribution < -0.4 is 10.1 Å². The summed E-state index contributed by atoms with van der Waals surface area (Å²) < 4.78 is 11.3. The van der Waals surface area contributed by atoms with E-state index in [1.54, 1.807) is 19.1 Å². The molecule has 0 bridgehead atoms. The molecule has 23 heavy (non-hydrogen) atoms. The van der Waals surface area contributed by atoms with Gasteiger partial charge >= 0.3 is 0 Å². The number of hydrogen-bond donors (Lipinski definition) is 1. The Bertz CT molecular complexity index is 809. The summed E-state index contributed by atoms with van der Waals surface area (Å²) in [6.45, 7) is 1.96. The molecule has 0 radical (unpaired) electrons. The number of anilines is 1. The van der Waals surface area contributed by atoms with Crippen LogP contribution in [0.1, 0.15) is 22.2 Å². The molecule has 1 N–H and O–H groups in total. The Morgan fingerprint density at radius 2 is 2.30 bits per heavy atom. The van der Waals surface area contributed by atoms with E-state index >= 15 is 0 Å². The van der Waals surface area contributed by atoms with Crippen molar-refractivity contribution in [1.29, 1.82) is 0 Å². The Kier molecular flexibility index (Phi) is 3.95. The number of aryl methyl sites for hydroxylation is 1. The quantitative estimate of drug-likeness (QED) is 0.729. The third-order valence-corrected chi connectivity index (χ3v) is 2.85. The van der Waals surface area contributed by atoms with Gasteiger partial charge in [-0.3, -0.25) is 4.79 Å². The van der Waals surface area contributed by atoms with Crippen LogP contribution in [0.2, 0.25) is 0 Å². The van der Waals surface area contributed by atoms with Crippen molar-refractivity contribution in [1.82, 2.24) is 30.1 Å². The predicted molar refractivity (Wildman–Crippen MR) is 76.9 cm³/mol. The number of carbonyl (C=O) groups is 1. The molecule has 3 aromatic rings. The van der Waals surface area contributed by atoms with E-state index in [2.05, 4.69) is 30.8 Å². The number of pyridine rings is 1. The second-order valence-corrected chi connectivity index (χ2v) is 4.57. The first-order chi connectivity index (χ1) is 11.1. The Hall–Kier alpha value is -3.30. The van der Waals surface area contributed by atoms with E-state index in [1.165, 1.54) is 24.2 Å². The number of aromatic nitrogens is 6. The lowest BCUT2D eigenvalue weighted by molar-refractivity contribution is 0.102. The summed E-state index contributed by atoms with van der Waals surface area (Å²) in [6.07, 6.45) is 2.99. The van der Waals surface area contributed by atoms with Crippen LogP contribution in [-0.2, 0) is 6.54 Å². The summed E-state index contributed by atoms with van der Waals surface area (Å²) in [6, 6.07) is 3.32. The molecule has 0 saturated carbocycles. The molecule has 0 aliphatic carbocycles. The lowest BCUT2D eigenvalue weighted by atomic mass is 10.3. The minimum absolute atomic E-state index is 0.168. The van der Waals surface area contributed by atoms with Gasteiger partial charge in [0.25, 0.3) is 5.91 Å². The molecule has 10 nitrogen and oxygen atoms in total. The van der Waals surface area contributed by atoms with E-state index in [9.17, 15) is 4.79 Å². The van der Waals surface area contributed by atoms with Crippen molar-refractivity contribution >= 4 is 11.6 Å². The highest BCUT2D eigenvalue weighted by atomic mass is 16.5. The van der Waals surface area contributed by atoms with Crippen LogP contribution in [0.4, 0.5) is 5.69 Å². The summed E-state index contributed by atoms with van der Waals surface area (Å²) in [4.78, 5) is 20.2. The van der Waals surface area contributed by atoms with Crippen LogP contribution >= 0.6 is 0 Å². The fraction of sp³-hybridized carbons (Fsp3) is 0.231. The van der Waals surface area contributed by atoms with Crippen LogP contribution in [0.15, 0.2) is 29.0 Å². The maximum atomic E-state index is 12.1. The highest BCUT2D eigenvalue weighted by Crippen LogP contribution is 2.11. The highest BCUT2D eigenvalue weighted by molar-refractivity contribution is 6.02. The fourth-order valence-corrected chi connectivity index (χ4v) is 1.80. The smallest absolute Gasteiger partial charge is 0.277 e. The number of rotatable bonds is 5. The Labute approximate surface area is 130 Å². The summed E-state index contributed by atoms with van der Waals surface area (Å²) >= 11 is 0. The average molecular weight is 315 g/mol. The molecule has 0 aliphatic heterocycles. The maximum Gasteiger partial charge on any atom is 0.277 e. The van der Waals surface area contributed by atoms with Crippen molar-refractivity contribution in [3.05, 3.63) is 41.9 Å².